The zero-order valence-corrected chi connectivity index (χ0v) is 35.9. The van der Waals surface area contributed by atoms with Crippen LogP contribution in [0.4, 0.5) is 11.4 Å². The van der Waals surface area contributed by atoms with Crippen molar-refractivity contribution >= 4 is 23.2 Å². The van der Waals surface area contributed by atoms with Crippen LogP contribution in [0.15, 0.2) is 36.4 Å². The number of likely N-dealkylation sites (tertiary alicyclic amines) is 2. The summed E-state index contributed by atoms with van der Waals surface area (Å²) in [5, 5.41) is 6.62. The molecule has 4 bridgehead atoms. The van der Waals surface area contributed by atoms with Crippen molar-refractivity contribution < 1.29 is 9.59 Å². The largest absolute Gasteiger partial charge is 0.326 e. The highest BCUT2D eigenvalue weighted by Gasteiger charge is 2.55. The number of amides is 2. The third-order valence-corrected chi connectivity index (χ3v) is 18.0. The van der Waals surface area contributed by atoms with E-state index in [-0.39, 0.29) is 11.8 Å². The summed E-state index contributed by atoms with van der Waals surface area (Å²) in [7, 11) is 0. The van der Waals surface area contributed by atoms with E-state index in [1.165, 1.54) is 142 Å². The van der Waals surface area contributed by atoms with Crippen LogP contribution in [0.1, 0.15) is 176 Å². The average Bonchev–Trinajstić information content (AvgIpc) is 3.20. The van der Waals surface area contributed by atoms with E-state index in [4.69, 9.17) is 0 Å². The summed E-state index contributed by atoms with van der Waals surface area (Å²) < 4.78 is 0. The Morgan fingerprint density at radius 2 is 0.983 bits per heavy atom. The minimum Gasteiger partial charge on any atom is -0.326 e. The van der Waals surface area contributed by atoms with Crippen LogP contribution in [0.25, 0.3) is 0 Å². The summed E-state index contributed by atoms with van der Waals surface area (Å²) in [5.41, 5.74) is 8.94. The van der Waals surface area contributed by atoms with Crippen LogP contribution >= 0.6 is 0 Å². The van der Waals surface area contributed by atoms with Crippen molar-refractivity contribution in [3.63, 3.8) is 0 Å². The maximum atomic E-state index is 13.1. The maximum absolute atomic E-state index is 13.1. The van der Waals surface area contributed by atoms with Crippen molar-refractivity contribution in [3.8, 4) is 0 Å². The number of anilines is 2. The molecule has 314 valence electrons. The maximum Gasteiger partial charge on any atom is 0.224 e. The van der Waals surface area contributed by atoms with Crippen molar-refractivity contribution in [3.05, 3.63) is 58.7 Å². The van der Waals surface area contributed by atoms with E-state index in [0.717, 1.165) is 85.7 Å². The van der Waals surface area contributed by atoms with Crippen LogP contribution in [-0.2, 0) is 33.3 Å². The molecule has 2 unspecified atom stereocenters. The molecule has 6 fully saturated rings. The quantitative estimate of drug-likeness (QED) is 0.177. The lowest BCUT2D eigenvalue weighted by Crippen LogP contribution is -2.61. The zero-order valence-electron chi connectivity index (χ0n) is 35.9. The Hall–Kier alpha value is -2.70. The molecular weight excluding hydrogens is 713 g/mol. The van der Waals surface area contributed by atoms with Gasteiger partial charge in [-0.1, -0.05) is 76.3 Å². The van der Waals surface area contributed by atoms with Crippen molar-refractivity contribution in [1.29, 1.82) is 0 Å². The fraction of sp³-hybridized carbons (Fsp3) is 0.731. The summed E-state index contributed by atoms with van der Waals surface area (Å²) >= 11 is 0. The Kier molecular flexibility index (Phi) is 11.5. The van der Waals surface area contributed by atoms with E-state index in [1.54, 1.807) is 22.3 Å². The molecule has 8 aliphatic rings. The molecule has 2 aromatic rings. The first-order valence-electron chi connectivity index (χ1n) is 24.8. The number of carbonyl (C=O) groups is 2. The summed E-state index contributed by atoms with van der Waals surface area (Å²) in [6.45, 7) is 5.18. The van der Waals surface area contributed by atoms with Gasteiger partial charge in [-0.05, 0) is 173 Å². The van der Waals surface area contributed by atoms with Gasteiger partial charge < -0.3 is 10.6 Å². The highest BCUT2D eigenvalue weighted by molar-refractivity contribution is 5.91. The Labute approximate surface area is 350 Å². The molecule has 6 heteroatoms. The topological polar surface area (TPSA) is 64.7 Å². The first-order chi connectivity index (χ1) is 28.5. The predicted octanol–water partition coefficient (Wildman–Crippen LogP) is 11.1. The Balaban J connectivity index is 0.649. The lowest BCUT2D eigenvalue weighted by Gasteiger charge is -2.59. The summed E-state index contributed by atoms with van der Waals surface area (Å²) in [6.07, 6.45) is 32.0. The standard InChI is InChI=1S/C52H74N4O2/c57-49(53-41-23-21-39-31-47-43-17-7-9-25-51(43,45(39)33-41)27-29-55(47)35-37-13-11-14-37)19-5-3-1-2-4-6-20-50(58)54-42-24-22-40-32-48-44-18-8-10-26-52(44,46(40)34-42)28-30-56(48)36-38-15-12-16-38/h21-24,33-34,37-38,43-44,47-48H,1-20,25-32,35-36H2,(H,53,57)(H,54,58)/t43?,44?,47-,48-,51-,52-/m1/s1. The molecule has 10 rings (SSSR count). The summed E-state index contributed by atoms with van der Waals surface area (Å²) in [5.74, 6) is 3.78. The van der Waals surface area contributed by atoms with Gasteiger partial charge in [0.15, 0.2) is 0 Å². The Bertz CT molecular complexity index is 1670. The number of piperidine rings is 2. The monoisotopic (exact) mass is 787 g/mol. The van der Waals surface area contributed by atoms with Gasteiger partial charge in [-0.2, -0.15) is 0 Å². The Morgan fingerprint density at radius 1 is 0.534 bits per heavy atom. The van der Waals surface area contributed by atoms with Crippen LogP contribution in [-0.4, -0.2) is 59.9 Å². The molecule has 0 aromatic heterocycles. The molecule has 6 nitrogen and oxygen atoms in total. The number of nitrogens with zero attached hydrogens (tertiary/aromatic N) is 2. The molecule has 2 aliphatic heterocycles. The first-order valence-corrected chi connectivity index (χ1v) is 24.8. The van der Waals surface area contributed by atoms with Crippen LogP contribution in [0.5, 0.6) is 0 Å². The van der Waals surface area contributed by atoms with Gasteiger partial charge in [-0.3, -0.25) is 19.4 Å². The summed E-state index contributed by atoms with van der Waals surface area (Å²) in [4.78, 5) is 32.0. The molecule has 2 heterocycles. The lowest BCUT2D eigenvalue weighted by molar-refractivity contribution is -0.117. The van der Waals surface area contributed by atoms with Crippen molar-refractivity contribution in [2.45, 2.75) is 190 Å². The van der Waals surface area contributed by atoms with E-state index < -0.39 is 0 Å². The fourth-order valence-electron chi connectivity index (χ4n) is 14.5. The van der Waals surface area contributed by atoms with Gasteiger partial charge in [0.1, 0.15) is 0 Å². The van der Waals surface area contributed by atoms with E-state index in [0.29, 0.717) is 23.7 Å². The smallest absolute Gasteiger partial charge is 0.224 e. The number of hydrogen-bond donors (Lipinski definition) is 2. The lowest BCUT2D eigenvalue weighted by atomic mass is 9.52. The van der Waals surface area contributed by atoms with Gasteiger partial charge in [-0.15, -0.1) is 0 Å². The number of fused-ring (bicyclic) bond motifs is 2. The molecule has 2 aromatic carbocycles. The number of carbonyl (C=O) groups excluding carboxylic acids is 2. The molecule has 2 amide bonds. The van der Waals surface area contributed by atoms with E-state index in [9.17, 15) is 9.59 Å². The van der Waals surface area contributed by atoms with Crippen LogP contribution in [0.3, 0.4) is 0 Å². The number of rotatable bonds is 15. The van der Waals surface area contributed by atoms with Gasteiger partial charge in [0.25, 0.3) is 0 Å². The zero-order chi connectivity index (χ0) is 39.1. The van der Waals surface area contributed by atoms with Gasteiger partial charge in [0, 0.05) is 60.2 Å². The molecule has 0 spiro atoms. The van der Waals surface area contributed by atoms with Crippen molar-refractivity contribution in [1.82, 2.24) is 9.80 Å². The second-order valence-corrected chi connectivity index (χ2v) is 21.1. The molecular formula is C52H74N4O2. The average molecular weight is 787 g/mol. The van der Waals surface area contributed by atoms with Crippen LogP contribution in [0.2, 0.25) is 0 Å². The molecule has 6 aliphatic carbocycles. The number of unbranched alkanes of at least 4 members (excludes halogenated alkanes) is 5. The van der Waals surface area contributed by atoms with E-state index >= 15 is 0 Å². The molecule has 2 N–H and O–H groups in total. The summed E-state index contributed by atoms with van der Waals surface area (Å²) in [6, 6.07) is 15.3. The molecule has 6 atom stereocenters. The minimum atomic E-state index is 0.160. The number of benzene rings is 2. The normalized spacial score (nSPS) is 31.8. The third-order valence-electron chi connectivity index (χ3n) is 18.0. The van der Waals surface area contributed by atoms with Crippen LogP contribution in [0, 0.1) is 23.7 Å². The van der Waals surface area contributed by atoms with Crippen molar-refractivity contribution in [2.24, 2.45) is 23.7 Å². The highest BCUT2D eigenvalue weighted by Crippen LogP contribution is 2.58. The van der Waals surface area contributed by atoms with Gasteiger partial charge in [-0.25, -0.2) is 0 Å². The van der Waals surface area contributed by atoms with Gasteiger partial charge in [0.2, 0.25) is 11.8 Å². The third kappa shape index (κ3) is 7.62. The fourth-order valence-corrected chi connectivity index (χ4v) is 14.5. The van der Waals surface area contributed by atoms with Crippen molar-refractivity contribution in [2.75, 3.05) is 36.8 Å². The second kappa shape index (κ2) is 17.0. The molecule has 58 heavy (non-hydrogen) atoms. The highest BCUT2D eigenvalue weighted by atomic mass is 16.2. The predicted molar refractivity (Wildman–Crippen MR) is 236 cm³/mol. The minimum absolute atomic E-state index is 0.160. The molecule has 0 radical (unpaired) electrons. The first kappa shape index (κ1) is 39.4. The number of nitrogens with one attached hydrogen (secondary N) is 2. The Morgan fingerprint density at radius 3 is 1.41 bits per heavy atom. The molecule has 4 saturated carbocycles. The number of hydrogen-bond acceptors (Lipinski definition) is 4. The SMILES string of the molecule is O=C(CCCCCCCCC(=O)Nc1ccc2c(c1)[C@@]13CCCCC1[C@@H](C2)N(CC1CCC1)CC3)Nc1ccc2c(c1)[C@@]13CCCCC1[C@@H](C2)N(CC1CCC1)CC3. The van der Waals surface area contributed by atoms with Crippen LogP contribution < -0.4 is 10.6 Å². The van der Waals surface area contributed by atoms with Gasteiger partial charge >= 0.3 is 0 Å². The van der Waals surface area contributed by atoms with Gasteiger partial charge in [0.05, 0.1) is 0 Å². The van der Waals surface area contributed by atoms with E-state index in [2.05, 4.69) is 56.8 Å². The van der Waals surface area contributed by atoms with E-state index in [1.807, 2.05) is 0 Å². The second-order valence-electron chi connectivity index (χ2n) is 21.1. The molecule has 2 saturated heterocycles.